The van der Waals surface area contributed by atoms with E-state index in [4.69, 9.17) is 11.6 Å². The quantitative estimate of drug-likeness (QED) is 0.769. The molecule has 0 unspecified atom stereocenters. The monoisotopic (exact) mass is 394 g/mol. The Morgan fingerprint density at radius 1 is 1.42 bits per heavy atom. The predicted molar refractivity (Wildman–Crippen MR) is 103 cm³/mol. The Bertz CT molecular complexity index is 792. The van der Waals surface area contributed by atoms with Crippen LogP contribution in [0, 0.1) is 11.7 Å². The molecule has 2 aromatic rings. The molecule has 8 heteroatoms. The molecule has 1 aromatic heterocycles. The molecule has 1 aliphatic rings. The minimum Gasteiger partial charge on any atom is -0.354 e. The molecular formula is C18H20ClFN4OS. The van der Waals surface area contributed by atoms with Gasteiger partial charge in [0.05, 0.1) is 16.5 Å². The summed E-state index contributed by atoms with van der Waals surface area (Å²) in [7, 11) is 0. The molecule has 3 rings (SSSR count). The molecule has 0 spiro atoms. The minimum atomic E-state index is -0.442. The van der Waals surface area contributed by atoms with Gasteiger partial charge in [-0.2, -0.15) is 0 Å². The maximum Gasteiger partial charge on any atom is 0.234 e. The van der Waals surface area contributed by atoms with Crippen molar-refractivity contribution < 1.29 is 9.18 Å². The number of hydrogen-bond acceptors (Lipinski definition) is 5. The van der Waals surface area contributed by atoms with Gasteiger partial charge in [-0.05, 0) is 37.0 Å². The van der Waals surface area contributed by atoms with Crippen LogP contribution in [0.15, 0.2) is 35.6 Å². The second-order valence-electron chi connectivity index (χ2n) is 6.34. The number of carbonyl (C=O) groups excluding carboxylic acids is 1. The molecule has 2 heterocycles. The van der Waals surface area contributed by atoms with Gasteiger partial charge in [0, 0.05) is 25.5 Å². The highest BCUT2D eigenvalue weighted by Gasteiger charge is 2.21. The lowest BCUT2D eigenvalue weighted by molar-refractivity contribution is -0.113. The van der Waals surface area contributed by atoms with E-state index in [1.165, 1.54) is 36.4 Å². The fraction of sp³-hybridized carbons (Fsp3) is 0.389. The Labute approximate surface area is 161 Å². The zero-order chi connectivity index (χ0) is 18.5. The van der Waals surface area contributed by atoms with Crippen LogP contribution in [-0.4, -0.2) is 34.7 Å². The first kappa shape index (κ1) is 18.9. The van der Waals surface area contributed by atoms with E-state index in [2.05, 4.69) is 27.1 Å². The Morgan fingerprint density at radius 2 is 2.23 bits per heavy atom. The van der Waals surface area contributed by atoms with E-state index in [1.54, 1.807) is 12.4 Å². The molecule has 1 atom stereocenters. The summed E-state index contributed by atoms with van der Waals surface area (Å²) in [4.78, 5) is 23.3. The van der Waals surface area contributed by atoms with E-state index in [0.717, 1.165) is 30.4 Å². The average molecular weight is 395 g/mol. The third kappa shape index (κ3) is 4.86. The zero-order valence-electron chi connectivity index (χ0n) is 14.4. The summed E-state index contributed by atoms with van der Waals surface area (Å²) in [5, 5.41) is 3.60. The van der Waals surface area contributed by atoms with Crippen molar-refractivity contribution in [1.29, 1.82) is 0 Å². The summed E-state index contributed by atoms with van der Waals surface area (Å²) in [6.07, 6.45) is 5.66. The number of amides is 1. The number of halogens is 2. The number of thioether (sulfide) groups is 1. The molecule has 1 saturated heterocycles. The number of aromatic nitrogens is 2. The van der Waals surface area contributed by atoms with Gasteiger partial charge < -0.3 is 10.2 Å². The topological polar surface area (TPSA) is 58.1 Å². The molecule has 1 aliphatic heterocycles. The standard InChI is InChI=1S/C18H20ClFN4OS/c1-12-3-2-8-24(10-12)17-18(22-7-6-21-17)26-11-16(25)23-15-5-4-13(20)9-14(15)19/h4-7,9,12H,2-3,8,10-11H2,1H3,(H,23,25)/t12-/m0/s1. The molecule has 1 amide bonds. The molecule has 0 saturated carbocycles. The maximum atomic E-state index is 13.1. The molecule has 5 nitrogen and oxygen atoms in total. The van der Waals surface area contributed by atoms with Crippen LogP contribution < -0.4 is 10.2 Å². The molecule has 138 valence electrons. The maximum absolute atomic E-state index is 13.1. The number of benzene rings is 1. The van der Waals surface area contributed by atoms with Crippen LogP contribution in [-0.2, 0) is 4.79 Å². The van der Waals surface area contributed by atoms with Crippen LogP contribution in [0.5, 0.6) is 0 Å². The summed E-state index contributed by atoms with van der Waals surface area (Å²) < 4.78 is 13.1. The summed E-state index contributed by atoms with van der Waals surface area (Å²) in [5.74, 6) is 0.946. The van der Waals surface area contributed by atoms with Gasteiger partial charge >= 0.3 is 0 Å². The summed E-state index contributed by atoms with van der Waals surface area (Å²) in [6, 6.07) is 3.87. The summed E-state index contributed by atoms with van der Waals surface area (Å²) >= 11 is 7.27. The molecule has 1 fully saturated rings. The average Bonchev–Trinajstić information content (AvgIpc) is 2.62. The first-order valence-electron chi connectivity index (χ1n) is 8.46. The number of rotatable bonds is 5. The lowest BCUT2D eigenvalue weighted by atomic mass is 10.0. The van der Waals surface area contributed by atoms with Crippen molar-refractivity contribution in [3.8, 4) is 0 Å². The van der Waals surface area contributed by atoms with Gasteiger partial charge in [-0.15, -0.1) is 0 Å². The van der Waals surface area contributed by atoms with Crippen molar-refractivity contribution in [1.82, 2.24) is 9.97 Å². The van der Waals surface area contributed by atoms with Gasteiger partial charge in [-0.3, -0.25) is 4.79 Å². The van der Waals surface area contributed by atoms with Crippen molar-refractivity contribution in [2.75, 3.05) is 29.1 Å². The Balaban J connectivity index is 1.63. The van der Waals surface area contributed by atoms with E-state index in [1.807, 2.05) is 0 Å². The lowest BCUT2D eigenvalue weighted by Gasteiger charge is -2.32. The molecule has 0 aliphatic carbocycles. The van der Waals surface area contributed by atoms with Crippen molar-refractivity contribution >= 4 is 40.8 Å². The Morgan fingerprint density at radius 3 is 3.00 bits per heavy atom. The fourth-order valence-electron chi connectivity index (χ4n) is 2.93. The van der Waals surface area contributed by atoms with Crippen molar-refractivity contribution in [3.05, 3.63) is 41.4 Å². The van der Waals surface area contributed by atoms with Crippen LogP contribution in [0.25, 0.3) is 0 Å². The number of anilines is 2. The normalized spacial score (nSPS) is 17.2. The van der Waals surface area contributed by atoms with Crippen LogP contribution in [0.4, 0.5) is 15.9 Å². The second-order valence-corrected chi connectivity index (χ2v) is 7.71. The van der Waals surface area contributed by atoms with Crippen LogP contribution in [0.2, 0.25) is 5.02 Å². The van der Waals surface area contributed by atoms with Gasteiger partial charge in [-0.1, -0.05) is 30.3 Å². The van der Waals surface area contributed by atoms with Crippen LogP contribution in [0.3, 0.4) is 0 Å². The molecule has 0 radical (unpaired) electrons. The highest BCUT2D eigenvalue weighted by atomic mass is 35.5. The van der Waals surface area contributed by atoms with E-state index >= 15 is 0 Å². The van der Waals surface area contributed by atoms with Crippen molar-refractivity contribution in [3.63, 3.8) is 0 Å². The van der Waals surface area contributed by atoms with Gasteiger partial charge in [0.2, 0.25) is 5.91 Å². The van der Waals surface area contributed by atoms with E-state index < -0.39 is 5.82 Å². The first-order valence-corrected chi connectivity index (χ1v) is 9.83. The van der Waals surface area contributed by atoms with Gasteiger partial charge in [0.1, 0.15) is 10.8 Å². The Hall–Kier alpha value is -1.86. The largest absolute Gasteiger partial charge is 0.354 e. The highest BCUT2D eigenvalue weighted by molar-refractivity contribution is 8.00. The molecule has 0 bridgehead atoms. The number of piperidine rings is 1. The number of nitrogens with zero attached hydrogens (tertiary/aromatic N) is 3. The number of hydrogen-bond donors (Lipinski definition) is 1. The van der Waals surface area contributed by atoms with Crippen molar-refractivity contribution in [2.45, 2.75) is 24.8 Å². The number of nitrogens with one attached hydrogen (secondary N) is 1. The summed E-state index contributed by atoms with van der Waals surface area (Å²) in [6.45, 7) is 4.13. The van der Waals surface area contributed by atoms with Crippen LogP contribution in [0.1, 0.15) is 19.8 Å². The smallest absolute Gasteiger partial charge is 0.234 e. The third-order valence-corrected chi connectivity index (χ3v) is 5.43. The molecule has 26 heavy (non-hydrogen) atoms. The van der Waals surface area contributed by atoms with Crippen LogP contribution >= 0.6 is 23.4 Å². The zero-order valence-corrected chi connectivity index (χ0v) is 16.0. The van der Waals surface area contributed by atoms with Gasteiger partial charge in [0.25, 0.3) is 0 Å². The SMILES string of the molecule is C[C@H]1CCCN(c2nccnc2SCC(=O)Nc2ccc(F)cc2Cl)C1. The second kappa shape index (κ2) is 8.68. The van der Waals surface area contributed by atoms with Gasteiger partial charge in [-0.25, -0.2) is 14.4 Å². The minimum absolute atomic E-state index is 0.169. The summed E-state index contributed by atoms with van der Waals surface area (Å²) in [5.41, 5.74) is 0.392. The van der Waals surface area contributed by atoms with E-state index in [-0.39, 0.29) is 16.7 Å². The lowest BCUT2D eigenvalue weighted by Crippen LogP contribution is -2.35. The molecule has 1 N–H and O–H groups in total. The predicted octanol–water partition coefficient (Wildman–Crippen LogP) is 4.24. The van der Waals surface area contributed by atoms with Gasteiger partial charge in [0.15, 0.2) is 5.82 Å². The Kier molecular flexibility index (Phi) is 6.32. The first-order chi connectivity index (χ1) is 12.5. The number of carbonyl (C=O) groups is 1. The molecular weight excluding hydrogens is 375 g/mol. The third-order valence-electron chi connectivity index (χ3n) is 4.15. The fourth-order valence-corrected chi connectivity index (χ4v) is 3.93. The van der Waals surface area contributed by atoms with E-state index in [9.17, 15) is 9.18 Å². The highest BCUT2D eigenvalue weighted by Crippen LogP contribution is 2.29. The van der Waals surface area contributed by atoms with E-state index in [0.29, 0.717) is 11.6 Å². The van der Waals surface area contributed by atoms with Crippen molar-refractivity contribution in [2.24, 2.45) is 5.92 Å². The molecule has 1 aromatic carbocycles.